The van der Waals surface area contributed by atoms with E-state index < -0.39 is 0 Å². The highest BCUT2D eigenvalue weighted by molar-refractivity contribution is 6.13. The summed E-state index contributed by atoms with van der Waals surface area (Å²) in [4.78, 5) is 15.6. The van der Waals surface area contributed by atoms with Gasteiger partial charge < -0.3 is 4.42 Å². The molecule has 4 heteroatoms. The van der Waals surface area contributed by atoms with E-state index in [1.807, 2.05) is 24.3 Å². The zero-order valence-corrected chi connectivity index (χ0v) is 28.9. The molecule has 1 aliphatic rings. The van der Waals surface area contributed by atoms with Gasteiger partial charge in [-0.15, -0.1) is 0 Å². The van der Waals surface area contributed by atoms with Crippen LogP contribution in [0, 0.1) is 0 Å². The SMILES string of the molecule is C1=CC(c2ccc(-c3nc(-c4ccc5ccccc5c4)nc(-c4cc(-c5ccccc5)cc5oc6ccccc6c45)n3)cc2)CC=C1c1ccccc1. The minimum Gasteiger partial charge on any atom is -0.456 e. The van der Waals surface area contributed by atoms with Crippen LogP contribution in [0.3, 0.4) is 0 Å². The van der Waals surface area contributed by atoms with Gasteiger partial charge in [0.05, 0.1) is 0 Å². The van der Waals surface area contributed by atoms with Gasteiger partial charge in [-0.1, -0.05) is 158 Å². The lowest BCUT2D eigenvalue weighted by Gasteiger charge is -2.17. The lowest BCUT2D eigenvalue weighted by atomic mass is 9.88. The largest absolute Gasteiger partial charge is 0.456 e. The van der Waals surface area contributed by atoms with Gasteiger partial charge in [0.1, 0.15) is 11.2 Å². The molecule has 10 rings (SSSR count). The highest BCUT2D eigenvalue weighted by Crippen LogP contribution is 2.40. The maximum absolute atomic E-state index is 6.48. The molecule has 1 unspecified atom stereocenters. The third-order valence-corrected chi connectivity index (χ3v) is 10.3. The van der Waals surface area contributed by atoms with Crippen molar-refractivity contribution in [3.8, 4) is 45.3 Å². The van der Waals surface area contributed by atoms with Gasteiger partial charge in [0.25, 0.3) is 0 Å². The summed E-state index contributed by atoms with van der Waals surface area (Å²) < 4.78 is 6.48. The first-order valence-electron chi connectivity index (χ1n) is 18.0. The number of hydrogen-bond donors (Lipinski definition) is 0. The Labute approximate surface area is 307 Å². The van der Waals surface area contributed by atoms with Gasteiger partial charge >= 0.3 is 0 Å². The minimum atomic E-state index is 0.307. The van der Waals surface area contributed by atoms with Gasteiger partial charge in [0.2, 0.25) is 0 Å². The van der Waals surface area contributed by atoms with Gasteiger partial charge in [-0.25, -0.2) is 15.0 Å². The summed E-state index contributed by atoms with van der Waals surface area (Å²) in [5, 5.41) is 4.33. The molecule has 0 radical (unpaired) electrons. The van der Waals surface area contributed by atoms with E-state index in [2.05, 4.69) is 158 Å². The Bertz CT molecular complexity index is 2850. The van der Waals surface area contributed by atoms with Crippen LogP contribution in [-0.4, -0.2) is 15.0 Å². The molecule has 0 saturated heterocycles. The number of fused-ring (bicyclic) bond motifs is 4. The second-order valence-electron chi connectivity index (χ2n) is 13.6. The summed E-state index contributed by atoms with van der Waals surface area (Å²) in [6.45, 7) is 0. The average molecular weight is 680 g/mol. The fourth-order valence-electron chi connectivity index (χ4n) is 7.50. The van der Waals surface area contributed by atoms with E-state index in [4.69, 9.17) is 19.4 Å². The van der Waals surface area contributed by atoms with Crippen LogP contribution in [0.4, 0.5) is 0 Å². The molecule has 250 valence electrons. The van der Waals surface area contributed by atoms with Crippen molar-refractivity contribution in [1.82, 2.24) is 15.0 Å². The van der Waals surface area contributed by atoms with E-state index in [0.717, 1.165) is 61.6 Å². The average Bonchev–Trinajstić information content (AvgIpc) is 3.62. The summed E-state index contributed by atoms with van der Waals surface area (Å²) in [5.41, 5.74) is 10.3. The smallest absolute Gasteiger partial charge is 0.164 e. The molecule has 1 atom stereocenters. The van der Waals surface area contributed by atoms with E-state index in [1.165, 1.54) is 22.1 Å². The van der Waals surface area contributed by atoms with Crippen molar-refractivity contribution in [2.45, 2.75) is 12.3 Å². The second kappa shape index (κ2) is 13.0. The number of nitrogens with zero attached hydrogens (tertiary/aromatic N) is 3. The maximum Gasteiger partial charge on any atom is 0.164 e. The Morgan fingerprint density at radius 2 is 1.13 bits per heavy atom. The first-order chi connectivity index (χ1) is 26.2. The summed E-state index contributed by atoms with van der Waals surface area (Å²) in [7, 11) is 0. The Kier molecular flexibility index (Phi) is 7.58. The number of rotatable bonds is 6. The van der Waals surface area contributed by atoms with Gasteiger partial charge in [-0.3, -0.25) is 0 Å². The van der Waals surface area contributed by atoms with Crippen molar-refractivity contribution in [1.29, 1.82) is 0 Å². The molecule has 9 aromatic rings. The van der Waals surface area contributed by atoms with Gasteiger partial charge in [-0.2, -0.15) is 0 Å². The van der Waals surface area contributed by atoms with Crippen molar-refractivity contribution in [3.63, 3.8) is 0 Å². The van der Waals surface area contributed by atoms with Crippen molar-refractivity contribution in [2.24, 2.45) is 0 Å². The standard InChI is InChI=1S/C49H33N3O/c1-3-11-32(12-4-1)35-19-21-36(22-20-35)37-23-26-38(27-24-37)47-50-48(40-28-25-34-15-7-8-16-39(34)29-40)52-49(51-47)43-30-41(33-13-5-2-6-14-33)31-45-46(43)42-17-9-10-18-44(42)53-45/h1-21,23-31,36H,22H2. The molecule has 0 saturated carbocycles. The molecule has 4 nitrogen and oxygen atoms in total. The first-order valence-corrected chi connectivity index (χ1v) is 18.0. The van der Waals surface area contributed by atoms with E-state index in [0.29, 0.717) is 23.4 Å². The summed E-state index contributed by atoms with van der Waals surface area (Å²) in [5.74, 6) is 2.16. The van der Waals surface area contributed by atoms with Crippen molar-refractivity contribution >= 4 is 38.3 Å². The molecule has 0 N–H and O–H groups in total. The Hall–Kier alpha value is -6.91. The zero-order chi connectivity index (χ0) is 35.1. The van der Waals surface area contributed by atoms with E-state index in [-0.39, 0.29) is 0 Å². The monoisotopic (exact) mass is 679 g/mol. The fraction of sp³-hybridized carbons (Fsp3) is 0.0408. The normalized spacial score (nSPS) is 14.2. The Morgan fingerprint density at radius 3 is 1.91 bits per heavy atom. The topological polar surface area (TPSA) is 51.8 Å². The number of hydrogen-bond acceptors (Lipinski definition) is 4. The molecule has 7 aromatic carbocycles. The van der Waals surface area contributed by atoms with Crippen molar-refractivity contribution in [2.75, 3.05) is 0 Å². The molecule has 53 heavy (non-hydrogen) atoms. The fourth-order valence-corrected chi connectivity index (χ4v) is 7.50. The Balaban J connectivity index is 1.11. The summed E-state index contributed by atoms with van der Waals surface area (Å²) >= 11 is 0. The van der Waals surface area contributed by atoms with Crippen LogP contribution in [0.25, 0.3) is 83.6 Å². The van der Waals surface area contributed by atoms with E-state index in [1.54, 1.807) is 0 Å². The van der Waals surface area contributed by atoms with Crippen molar-refractivity contribution in [3.05, 3.63) is 193 Å². The van der Waals surface area contributed by atoms with Gasteiger partial charge in [0, 0.05) is 33.4 Å². The second-order valence-corrected chi connectivity index (χ2v) is 13.6. The molecule has 2 heterocycles. The molecule has 0 bridgehead atoms. The zero-order valence-electron chi connectivity index (χ0n) is 28.9. The maximum atomic E-state index is 6.48. The van der Waals surface area contributed by atoms with E-state index >= 15 is 0 Å². The predicted octanol–water partition coefficient (Wildman–Crippen LogP) is 12.7. The summed E-state index contributed by atoms with van der Waals surface area (Å²) in [6.07, 6.45) is 7.85. The highest BCUT2D eigenvalue weighted by atomic mass is 16.3. The first kappa shape index (κ1) is 30.9. The van der Waals surface area contributed by atoms with Crippen LogP contribution in [0.1, 0.15) is 23.5 Å². The lowest BCUT2D eigenvalue weighted by molar-refractivity contribution is 0.669. The molecule has 0 spiro atoms. The van der Waals surface area contributed by atoms with Gasteiger partial charge in [0.15, 0.2) is 17.5 Å². The molecular formula is C49H33N3O. The number of aromatic nitrogens is 3. The summed E-state index contributed by atoms with van der Waals surface area (Å²) in [6, 6.07) is 56.9. The Morgan fingerprint density at radius 1 is 0.472 bits per heavy atom. The highest BCUT2D eigenvalue weighted by Gasteiger charge is 2.20. The van der Waals surface area contributed by atoms with Crippen LogP contribution in [0.2, 0.25) is 0 Å². The van der Waals surface area contributed by atoms with E-state index in [9.17, 15) is 0 Å². The lowest BCUT2D eigenvalue weighted by Crippen LogP contribution is -2.02. The number of para-hydroxylation sites is 1. The molecule has 0 aliphatic heterocycles. The van der Waals surface area contributed by atoms with Crippen LogP contribution < -0.4 is 0 Å². The van der Waals surface area contributed by atoms with Crippen LogP contribution in [0.15, 0.2) is 186 Å². The predicted molar refractivity (Wildman–Crippen MR) is 217 cm³/mol. The number of allylic oxidation sites excluding steroid dienone is 4. The molecule has 0 amide bonds. The molecular weight excluding hydrogens is 647 g/mol. The minimum absolute atomic E-state index is 0.307. The van der Waals surface area contributed by atoms with Crippen LogP contribution in [0.5, 0.6) is 0 Å². The molecule has 0 fully saturated rings. The van der Waals surface area contributed by atoms with Gasteiger partial charge in [-0.05, 0) is 69.3 Å². The number of furan rings is 1. The van der Waals surface area contributed by atoms with Crippen LogP contribution >= 0.6 is 0 Å². The third-order valence-electron chi connectivity index (χ3n) is 10.3. The van der Waals surface area contributed by atoms with Crippen molar-refractivity contribution < 1.29 is 4.42 Å². The third kappa shape index (κ3) is 5.81. The van der Waals surface area contributed by atoms with Crippen LogP contribution in [-0.2, 0) is 0 Å². The molecule has 1 aliphatic carbocycles. The quantitative estimate of drug-likeness (QED) is 0.175. The molecule has 2 aromatic heterocycles. The number of benzene rings is 7.